The Balaban J connectivity index is 2.25. The summed E-state index contributed by atoms with van der Waals surface area (Å²) in [5.74, 6) is 0.292. The lowest BCUT2D eigenvalue weighted by Crippen LogP contribution is -2.32. The van der Waals surface area contributed by atoms with Crippen LogP contribution in [-0.2, 0) is 0 Å². The van der Waals surface area contributed by atoms with Crippen molar-refractivity contribution in [2.24, 2.45) is 5.92 Å². The Morgan fingerprint density at radius 2 is 1.76 bits per heavy atom. The molecule has 2 rings (SSSR count). The van der Waals surface area contributed by atoms with Crippen LogP contribution < -0.4 is 5.32 Å². The zero-order valence-corrected chi connectivity index (χ0v) is 14.1. The molecule has 0 aliphatic heterocycles. The molecule has 0 saturated heterocycles. The molecule has 3 heteroatoms. The number of halogens is 1. The van der Waals surface area contributed by atoms with Gasteiger partial charge in [-0.2, -0.15) is 0 Å². The number of carbonyl (C=O) groups is 1. The highest BCUT2D eigenvalue weighted by atomic mass is 79.9. The summed E-state index contributed by atoms with van der Waals surface area (Å²) < 4.78 is 0.916. The predicted octanol–water partition coefficient (Wildman–Crippen LogP) is 4.88. The Morgan fingerprint density at radius 1 is 1.10 bits per heavy atom. The third kappa shape index (κ3) is 3.94. The van der Waals surface area contributed by atoms with Crippen molar-refractivity contribution in [3.8, 4) is 0 Å². The monoisotopic (exact) mass is 345 g/mol. The Kier molecular flexibility index (Phi) is 5.18. The largest absolute Gasteiger partial charge is 0.345 e. The van der Waals surface area contributed by atoms with E-state index >= 15 is 0 Å². The fourth-order valence-electron chi connectivity index (χ4n) is 2.35. The second-order valence-corrected chi connectivity index (χ2v) is 6.48. The van der Waals surface area contributed by atoms with Gasteiger partial charge in [0, 0.05) is 10.0 Å². The molecule has 110 valence electrons. The van der Waals surface area contributed by atoms with Crippen LogP contribution in [0, 0.1) is 12.8 Å². The Bertz CT molecular complexity index is 622. The Labute approximate surface area is 134 Å². The quantitative estimate of drug-likeness (QED) is 0.840. The number of benzene rings is 2. The van der Waals surface area contributed by atoms with E-state index in [-0.39, 0.29) is 11.9 Å². The van der Waals surface area contributed by atoms with Gasteiger partial charge in [-0.1, -0.05) is 66.2 Å². The fourth-order valence-corrected chi connectivity index (χ4v) is 2.71. The highest BCUT2D eigenvalue weighted by Crippen LogP contribution is 2.23. The molecule has 1 N–H and O–H groups in total. The van der Waals surface area contributed by atoms with Crippen LogP contribution in [0.5, 0.6) is 0 Å². The SMILES string of the molecule is Cc1ccc(Br)cc1C(=O)NC(c1ccccc1)C(C)C. The molecule has 0 radical (unpaired) electrons. The molecule has 0 aromatic heterocycles. The van der Waals surface area contributed by atoms with Gasteiger partial charge in [-0.15, -0.1) is 0 Å². The third-order valence-corrected chi connectivity index (χ3v) is 4.05. The average molecular weight is 346 g/mol. The van der Waals surface area contributed by atoms with Crippen LogP contribution in [0.1, 0.15) is 41.4 Å². The zero-order valence-electron chi connectivity index (χ0n) is 12.6. The van der Waals surface area contributed by atoms with Crippen molar-refractivity contribution in [1.29, 1.82) is 0 Å². The van der Waals surface area contributed by atoms with E-state index < -0.39 is 0 Å². The minimum absolute atomic E-state index is 0.0112. The first-order valence-corrected chi connectivity index (χ1v) is 7.90. The molecular formula is C18H20BrNO. The van der Waals surface area contributed by atoms with Crippen LogP contribution in [-0.4, -0.2) is 5.91 Å². The molecular weight excluding hydrogens is 326 g/mol. The van der Waals surface area contributed by atoms with Gasteiger partial charge in [-0.25, -0.2) is 0 Å². The summed E-state index contributed by atoms with van der Waals surface area (Å²) in [6.45, 7) is 6.19. The minimum atomic E-state index is -0.0312. The number of nitrogens with one attached hydrogen (secondary N) is 1. The van der Waals surface area contributed by atoms with Crippen LogP contribution >= 0.6 is 15.9 Å². The maximum atomic E-state index is 12.6. The van der Waals surface area contributed by atoms with E-state index in [0.29, 0.717) is 11.5 Å². The van der Waals surface area contributed by atoms with Crippen molar-refractivity contribution in [1.82, 2.24) is 5.32 Å². The van der Waals surface area contributed by atoms with E-state index in [9.17, 15) is 4.79 Å². The summed E-state index contributed by atoms with van der Waals surface area (Å²) in [6, 6.07) is 15.9. The number of rotatable bonds is 4. The van der Waals surface area contributed by atoms with Crippen LogP contribution in [0.15, 0.2) is 53.0 Å². The van der Waals surface area contributed by atoms with E-state index in [2.05, 4.69) is 47.2 Å². The number of amides is 1. The average Bonchev–Trinajstić information content (AvgIpc) is 2.47. The maximum absolute atomic E-state index is 12.6. The van der Waals surface area contributed by atoms with Crippen LogP contribution in [0.3, 0.4) is 0 Å². The van der Waals surface area contributed by atoms with Gasteiger partial charge in [-0.05, 0) is 36.1 Å². The molecule has 21 heavy (non-hydrogen) atoms. The van der Waals surface area contributed by atoms with E-state index in [1.54, 1.807) is 0 Å². The van der Waals surface area contributed by atoms with Gasteiger partial charge in [0.2, 0.25) is 0 Å². The first-order chi connectivity index (χ1) is 9.99. The summed E-state index contributed by atoms with van der Waals surface area (Å²) in [5, 5.41) is 3.16. The predicted molar refractivity (Wildman–Crippen MR) is 90.4 cm³/mol. The summed E-state index contributed by atoms with van der Waals surface area (Å²) >= 11 is 3.42. The number of carbonyl (C=O) groups excluding carboxylic acids is 1. The van der Waals surface area contributed by atoms with Gasteiger partial charge in [0.15, 0.2) is 0 Å². The number of hydrogen-bond acceptors (Lipinski definition) is 1. The molecule has 2 nitrogen and oxygen atoms in total. The lowest BCUT2D eigenvalue weighted by molar-refractivity contribution is 0.0925. The van der Waals surface area contributed by atoms with Crippen molar-refractivity contribution >= 4 is 21.8 Å². The molecule has 0 fully saturated rings. The molecule has 1 atom stereocenters. The van der Waals surface area contributed by atoms with Crippen molar-refractivity contribution in [2.45, 2.75) is 26.8 Å². The molecule has 1 amide bonds. The first kappa shape index (κ1) is 15.8. The van der Waals surface area contributed by atoms with Crippen LogP contribution in [0.2, 0.25) is 0 Å². The normalized spacial score (nSPS) is 12.2. The Hall–Kier alpha value is -1.61. The van der Waals surface area contributed by atoms with Gasteiger partial charge < -0.3 is 5.32 Å². The maximum Gasteiger partial charge on any atom is 0.252 e. The highest BCUT2D eigenvalue weighted by molar-refractivity contribution is 9.10. The van der Waals surface area contributed by atoms with Crippen LogP contribution in [0.4, 0.5) is 0 Å². The lowest BCUT2D eigenvalue weighted by Gasteiger charge is -2.23. The van der Waals surface area contributed by atoms with Gasteiger partial charge in [0.1, 0.15) is 0 Å². The second-order valence-electron chi connectivity index (χ2n) is 5.57. The van der Waals surface area contributed by atoms with Crippen molar-refractivity contribution in [3.05, 3.63) is 69.7 Å². The summed E-state index contributed by atoms with van der Waals surface area (Å²) in [7, 11) is 0. The van der Waals surface area contributed by atoms with E-state index in [1.807, 2.05) is 43.3 Å². The van der Waals surface area contributed by atoms with Crippen LogP contribution in [0.25, 0.3) is 0 Å². The smallest absolute Gasteiger partial charge is 0.252 e. The van der Waals surface area contributed by atoms with Gasteiger partial charge in [0.25, 0.3) is 5.91 Å². The second kappa shape index (κ2) is 6.90. The number of aryl methyl sites for hydroxylation is 1. The third-order valence-electron chi connectivity index (χ3n) is 3.56. The molecule has 0 saturated carbocycles. The first-order valence-electron chi connectivity index (χ1n) is 7.11. The summed E-state index contributed by atoms with van der Waals surface area (Å²) in [5.41, 5.74) is 2.82. The highest BCUT2D eigenvalue weighted by Gasteiger charge is 2.19. The molecule has 1 unspecified atom stereocenters. The molecule has 2 aromatic carbocycles. The summed E-state index contributed by atoms with van der Waals surface area (Å²) in [4.78, 5) is 12.6. The molecule has 0 spiro atoms. The fraction of sp³-hybridized carbons (Fsp3) is 0.278. The molecule has 0 aliphatic carbocycles. The zero-order chi connectivity index (χ0) is 15.4. The minimum Gasteiger partial charge on any atom is -0.345 e. The van der Waals surface area contributed by atoms with Crippen molar-refractivity contribution in [3.63, 3.8) is 0 Å². The van der Waals surface area contributed by atoms with Crippen molar-refractivity contribution < 1.29 is 4.79 Å². The van der Waals surface area contributed by atoms with E-state index in [0.717, 1.165) is 15.6 Å². The Morgan fingerprint density at radius 3 is 2.38 bits per heavy atom. The van der Waals surface area contributed by atoms with E-state index in [1.165, 1.54) is 0 Å². The standard InChI is InChI=1S/C18H20BrNO/c1-12(2)17(14-7-5-4-6-8-14)20-18(21)16-11-15(19)10-9-13(16)3/h4-12,17H,1-3H3,(H,20,21). The lowest BCUT2D eigenvalue weighted by atomic mass is 9.95. The van der Waals surface area contributed by atoms with Gasteiger partial charge in [0.05, 0.1) is 6.04 Å². The summed E-state index contributed by atoms with van der Waals surface area (Å²) in [6.07, 6.45) is 0. The molecule has 2 aromatic rings. The van der Waals surface area contributed by atoms with Gasteiger partial charge in [-0.3, -0.25) is 4.79 Å². The van der Waals surface area contributed by atoms with Crippen molar-refractivity contribution in [2.75, 3.05) is 0 Å². The molecule has 0 bridgehead atoms. The topological polar surface area (TPSA) is 29.1 Å². The van der Waals surface area contributed by atoms with E-state index in [4.69, 9.17) is 0 Å². The number of hydrogen-bond donors (Lipinski definition) is 1. The molecule has 0 aliphatic rings. The van der Waals surface area contributed by atoms with Gasteiger partial charge >= 0.3 is 0 Å². The molecule has 0 heterocycles.